The van der Waals surface area contributed by atoms with Crippen LogP contribution in [0.1, 0.15) is 42.6 Å². The molecule has 0 bridgehead atoms. The number of hydrogen-bond acceptors (Lipinski definition) is 6. The van der Waals surface area contributed by atoms with E-state index in [0.29, 0.717) is 29.7 Å². The zero-order valence-corrected chi connectivity index (χ0v) is 18.0. The smallest absolute Gasteiger partial charge is 0.233 e. The van der Waals surface area contributed by atoms with E-state index >= 15 is 0 Å². The van der Waals surface area contributed by atoms with Gasteiger partial charge in [-0.2, -0.15) is 0 Å². The van der Waals surface area contributed by atoms with Gasteiger partial charge in [0.05, 0.1) is 20.0 Å². The SMILES string of the molecule is CCn1c(SCC(=O)N(C)Cc2cc(OC)c(OC)cc2C)nnc1C1CC1. The second-order valence-electron chi connectivity index (χ2n) is 7.03. The number of thioether (sulfide) groups is 1. The third-order valence-electron chi connectivity index (χ3n) is 5.00. The number of methoxy groups -OCH3 is 2. The van der Waals surface area contributed by atoms with E-state index in [9.17, 15) is 4.79 Å². The molecule has 3 rings (SSSR count). The summed E-state index contributed by atoms with van der Waals surface area (Å²) in [7, 11) is 5.05. The van der Waals surface area contributed by atoms with Crippen LogP contribution >= 0.6 is 11.8 Å². The minimum absolute atomic E-state index is 0.0535. The number of nitrogens with zero attached hydrogens (tertiary/aromatic N) is 4. The summed E-state index contributed by atoms with van der Waals surface area (Å²) in [4.78, 5) is 14.4. The van der Waals surface area contributed by atoms with Gasteiger partial charge in [-0.25, -0.2) is 0 Å². The van der Waals surface area contributed by atoms with E-state index in [1.54, 1.807) is 19.1 Å². The molecule has 2 aromatic rings. The van der Waals surface area contributed by atoms with E-state index in [2.05, 4.69) is 21.7 Å². The Hall–Kier alpha value is -2.22. The van der Waals surface area contributed by atoms with E-state index < -0.39 is 0 Å². The predicted octanol–water partition coefficient (Wildman–Crippen LogP) is 3.25. The van der Waals surface area contributed by atoms with Crippen LogP contribution in [-0.2, 0) is 17.9 Å². The molecule has 0 radical (unpaired) electrons. The van der Waals surface area contributed by atoms with Crippen molar-refractivity contribution in [3.63, 3.8) is 0 Å². The lowest BCUT2D eigenvalue weighted by Gasteiger charge is -2.20. The van der Waals surface area contributed by atoms with Gasteiger partial charge in [-0.05, 0) is 49.9 Å². The van der Waals surface area contributed by atoms with Gasteiger partial charge in [0.15, 0.2) is 16.7 Å². The van der Waals surface area contributed by atoms with Gasteiger partial charge in [0.25, 0.3) is 0 Å². The molecule has 1 aliphatic rings. The van der Waals surface area contributed by atoms with Crippen LogP contribution in [0.5, 0.6) is 11.5 Å². The fourth-order valence-corrected chi connectivity index (χ4v) is 4.07. The van der Waals surface area contributed by atoms with Crippen LogP contribution in [0, 0.1) is 6.92 Å². The molecular formula is C20H28N4O3S. The van der Waals surface area contributed by atoms with Crippen molar-refractivity contribution in [2.75, 3.05) is 27.0 Å². The summed E-state index contributed by atoms with van der Waals surface area (Å²) in [6, 6.07) is 3.87. The topological polar surface area (TPSA) is 69.5 Å². The van der Waals surface area contributed by atoms with Crippen molar-refractivity contribution in [1.82, 2.24) is 19.7 Å². The first-order chi connectivity index (χ1) is 13.5. The van der Waals surface area contributed by atoms with E-state index in [-0.39, 0.29) is 5.91 Å². The lowest BCUT2D eigenvalue weighted by Crippen LogP contribution is -2.28. The van der Waals surface area contributed by atoms with Gasteiger partial charge in [0.2, 0.25) is 5.91 Å². The van der Waals surface area contributed by atoms with Gasteiger partial charge in [-0.1, -0.05) is 11.8 Å². The first-order valence-corrected chi connectivity index (χ1v) is 10.5. The highest BCUT2D eigenvalue weighted by Gasteiger charge is 2.30. The van der Waals surface area contributed by atoms with Crippen molar-refractivity contribution < 1.29 is 14.3 Å². The largest absolute Gasteiger partial charge is 0.493 e. The van der Waals surface area contributed by atoms with E-state index in [0.717, 1.165) is 28.7 Å². The summed E-state index contributed by atoms with van der Waals surface area (Å²) >= 11 is 1.46. The molecule has 0 unspecified atom stereocenters. The average molecular weight is 405 g/mol. The molecule has 152 valence electrons. The zero-order chi connectivity index (χ0) is 20.3. The maximum absolute atomic E-state index is 12.7. The number of aryl methyl sites for hydroxylation is 1. The van der Waals surface area contributed by atoms with Crippen LogP contribution in [0.15, 0.2) is 17.3 Å². The molecule has 0 N–H and O–H groups in total. The van der Waals surface area contributed by atoms with Gasteiger partial charge in [0.1, 0.15) is 5.82 Å². The number of carbonyl (C=O) groups excluding carboxylic acids is 1. The number of carbonyl (C=O) groups is 1. The molecule has 1 aliphatic carbocycles. The maximum Gasteiger partial charge on any atom is 0.233 e. The monoisotopic (exact) mass is 404 g/mol. The number of benzene rings is 1. The lowest BCUT2D eigenvalue weighted by atomic mass is 10.1. The van der Waals surface area contributed by atoms with Crippen molar-refractivity contribution in [2.45, 2.75) is 50.9 Å². The van der Waals surface area contributed by atoms with E-state index in [1.807, 2.05) is 26.1 Å². The fourth-order valence-electron chi connectivity index (χ4n) is 3.12. The highest BCUT2D eigenvalue weighted by molar-refractivity contribution is 7.99. The minimum Gasteiger partial charge on any atom is -0.493 e. The number of amides is 1. The Morgan fingerprint density at radius 1 is 1.25 bits per heavy atom. The summed E-state index contributed by atoms with van der Waals surface area (Å²) in [6.45, 7) is 5.44. The summed E-state index contributed by atoms with van der Waals surface area (Å²) in [5.74, 6) is 3.37. The van der Waals surface area contributed by atoms with Crippen molar-refractivity contribution >= 4 is 17.7 Å². The summed E-state index contributed by atoms with van der Waals surface area (Å²) < 4.78 is 12.8. The molecule has 0 aliphatic heterocycles. The van der Waals surface area contributed by atoms with Crippen molar-refractivity contribution in [1.29, 1.82) is 0 Å². The maximum atomic E-state index is 12.7. The van der Waals surface area contributed by atoms with Gasteiger partial charge >= 0.3 is 0 Å². The van der Waals surface area contributed by atoms with Crippen LogP contribution in [0.25, 0.3) is 0 Å². The molecule has 7 nitrogen and oxygen atoms in total. The Balaban J connectivity index is 1.62. The molecule has 0 spiro atoms. The highest BCUT2D eigenvalue weighted by atomic mass is 32.2. The number of aromatic nitrogens is 3. The molecule has 1 heterocycles. The van der Waals surface area contributed by atoms with Gasteiger partial charge in [-0.3, -0.25) is 4.79 Å². The molecule has 1 saturated carbocycles. The lowest BCUT2D eigenvalue weighted by molar-refractivity contribution is -0.127. The first-order valence-electron chi connectivity index (χ1n) is 9.49. The fraction of sp³-hybridized carbons (Fsp3) is 0.550. The third-order valence-corrected chi connectivity index (χ3v) is 5.96. The summed E-state index contributed by atoms with van der Waals surface area (Å²) in [6.07, 6.45) is 2.38. The molecule has 1 aromatic carbocycles. The van der Waals surface area contributed by atoms with Gasteiger partial charge < -0.3 is 18.9 Å². The molecule has 0 saturated heterocycles. The summed E-state index contributed by atoms with van der Waals surface area (Å²) in [5.41, 5.74) is 2.09. The molecule has 1 amide bonds. The van der Waals surface area contributed by atoms with Crippen molar-refractivity contribution in [3.8, 4) is 11.5 Å². The van der Waals surface area contributed by atoms with Crippen molar-refractivity contribution in [3.05, 3.63) is 29.1 Å². The third kappa shape index (κ3) is 4.43. The second-order valence-corrected chi connectivity index (χ2v) is 7.97. The Morgan fingerprint density at radius 3 is 2.54 bits per heavy atom. The Morgan fingerprint density at radius 2 is 1.93 bits per heavy atom. The number of hydrogen-bond donors (Lipinski definition) is 0. The van der Waals surface area contributed by atoms with Crippen molar-refractivity contribution in [2.24, 2.45) is 0 Å². The van der Waals surface area contributed by atoms with Crippen LogP contribution < -0.4 is 9.47 Å². The summed E-state index contributed by atoms with van der Waals surface area (Å²) in [5, 5.41) is 9.45. The number of rotatable bonds is 9. The molecular weight excluding hydrogens is 376 g/mol. The van der Waals surface area contributed by atoms with Crippen LogP contribution in [-0.4, -0.2) is 52.6 Å². The second kappa shape index (κ2) is 8.86. The Labute approximate surface area is 170 Å². The molecule has 8 heteroatoms. The van der Waals surface area contributed by atoms with E-state index in [4.69, 9.17) is 9.47 Å². The average Bonchev–Trinajstić information content (AvgIpc) is 3.46. The minimum atomic E-state index is 0.0535. The quantitative estimate of drug-likeness (QED) is 0.598. The Kier molecular flexibility index (Phi) is 6.49. The first kappa shape index (κ1) is 20.5. The predicted molar refractivity (Wildman–Crippen MR) is 109 cm³/mol. The molecule has 1 fully saturated rings. The van der Waals surface area contributed by atoms with Crippen LogP contribution in [0.2, 0.25) is 0 Å². The molecule has 1 aromatic heterocycles. The zero-order valence-electron chi connectivity index (χ0n) is 17.2. The van der Waals surface area contributed by atoms with Crippen LogP contribution in [0.4, 0.5) is 0 Å². The normalized spacial score (nSPS) is 13.5. The van der Waals surface area contributed by atoms with E-state index in [1.165, 1.54) is 24.6 Å². The van der Waals surface area contributed by atoms with Gasteiger partial charge in [-0.15, -0.1) is 10.2 Å². The van der Waals surface area contributed by atoms with Crippen LogP contribution in [0.3, 0.4) is 0 Å². The number of ether oxygens (including phenoxy) is 2. The standard InChI is InChI=1S/C20H28N4O3S/c1-6-24-19(14-7-8-14)21-22-20(24)28-12-18(25)23(3)11-15-10-17(27-5)16(26-4)9-13(15)2/h9-10,14H,6-8,11-12H2,1-5H3. The highest BCUT2D eigenvalue weighted by Crippen LogP contribution is 2.40. The molecule has 28 heavy (non-hydrogen) atoms. The Bertz CT molecular complexity index is 848. The molecule has 0 atom stereocenters. The van der Waals surface area contributed by atoms with Gasteiger partial charge in [0, 0.05) is 26.1 Å².